The van der Waals surface area contributed by atoms with Crippen LogP contribution in [0.25, 0.3) is 0 Å². The highest BCUT2D eigenvalue weighted by Crippen LogP contribution is 2.24. The molecule has 0 aromatic heterocycles. The molecule has 1 N–H and O–H groups in total. The van der Waals surface area contributed by atoms with Gasteiger partial charge in [0.2, 0.25) is 0 Å². The van der Waals surface area contributed by atoms with Crippen molar-refractivity contribution in [2.75, 3.05) is 25.2 Å². The van der Waals surface area contributed by atoms with Crippen LogP contribution in [0.4, 0.5) is 5.69 Å². The Bertz CT molecular complexity index is 357. The van der Waals surface area contributed by atoms with Gasteiger partial charge in [-0.05, 0) is 37.0 Å². The molecule has 0 amide bonds. The molecule has 0 saturated carbocycles. The third-order valence-electron chi connectivity index (χ3n) is 3.81. The van der Waals surface area contributed by atoms with Crippen LogP contribution in [0.1, 0.15) is 37.9 Å². The molecule has 1 aromatic rings. The van der Waals surface area contributed by atoms with Crippen molar-refractivity contribution in [1.82, 2.24) is 0 Å². The van der Waals surface area contributed by atoms with E-state index < -0.39 is 0 Å². The molecule has 1 heterocycles. The summed E-state index contributed by atoms with van der Waals surface area (Å²) < 4.78 is 5.39. The lowest BCUT2D eigenvalue weighted by Crippen LogP contribution is -2.36. The van der Waals surface area contributed by atoms with Gasteiger partial charge < -0.3 is 14.7 Å². The van der Waals surface area contributed by atoms with Gasteiger partial charge in [0.25, 0.3) is 0 Å². The molecule has 1 unspecified atom stereocenters. The quantitative estimate of drug-likeness (QED) is 0.890. The molecular weight excluding hydrogens is 226 g/mol. The van der Waals surface area contributed by atoms with E-state index in [1.165, 1.54) is 5.69 Å². The van der Waals surface area contributed by atoms with Gasteiger partial charge in [-0.2, -0.15) is 0 Å². The molecule has 1 aromatic carbocycles. The summed E-state index contributed by atoms with van der Waals surface area (Å²) in [6.07, 6.45) is 2.60. The fourth-order valence-electron chi connectivity index (χ4n) is 2.45. The zero-order chi connectivity index (χ0) is 13.0. The van der Waals surface area contributed by atoms with E-state index in [1.54, 1.807) is 0 Å². The van der Waals surface area contributed by atoms with E-state index in [4.69, 9.17) is 4.74 Å². The van der Waals surface area contributed by atoms with Crippen LogP contribution in [-0.2, 0) is 4.74 Å². The Morgan fingerprint density at radius 3 is 2.44 bits per heavy atom. The Hall–Kier alpha value is -1.06. The van der Waals surface area contributed by atoms with Crippen molar-refractivity contribution in [2.24, 2.45) is 0 Å². The lowest BCUT2D eigenvalue weighted by atomic mass is 10.0. The fraction of sp³-hybridized carbons (Fsp3) is 0.600. The average molecular weight is 249 g/mol. The second kappa shape index (κ2) is 6.21. The van der Waals surface area contributed by atoms with Crippen LogP contribution in [0.15, 0.2) is 24.3 Å². The first kappa shape index (κ1) is 13.4. The number of aliphatic hydroxyl groups is 1. The summed E-state index contributed by atoms with van der Waals surface area (Å²) in [5.74, 6) is 0. The topological polar surface area (TPSA) is 32.7 Å². The summed E-state index contributed by atoms with van der Waals surface area (Å²) >= 11 is 0. The first-order valence-corrected chi connectivity index (χ1v) is 6.81. The standard InChI is InChI=1S/C15H23NO2/c1-3-15(17)12-4-6-13(7-5-12)16(2)14-8-10-18-11-9-14/h4-7,14-15,17H,3,8-11H2,1-2H3. The van der Waals surface area contributed by atoms with E-state index in [9.17, 15) is 5.11 Å². The summed E-state index contributed by atoms with van der Waals surface area (Å²) in [6, 6.07) is 8.83. The van der Waals surface area contributed by atoms with Crippen molar-refractivity contribution < 1.29 is 9.84 Å². The molecule has 1 fully saturated rings. The number of benzene rings is 1. The molecule has 2 rings (SSSR count). The van der Waals surface area contributed by atoms with Gasteiger partial charge in [0.05, 0.1) is 6.10 Å². The lowest BCUT2D eigenvalue weighted by Gasteiger charge is -2.33. The summed E-state index contributed by atoms with van der Waals surface area (Å²) in [7, 11) is 2.14. The van der Waals surface area contributed by atoms with Gasteiger partial charge in [-0.25, -0.2) is 0 Å². The van der Waals surface area contributed by atoms with Crippen LogP contribution >= 0.6 is 0 Å². The number of anilines is 1. The number of hydrogen-bond donors (Lipinski definition) is 1. The molecule has 1 aliphatic rings. The number of nitrogens with zero attached hydrogens (tertiary/aromatic N) is 1. The van der Waals surface area contributed by atoms with Crippen LogP contribution < -0.4 is 4.90 Å². The number of hydrogen-bond acceptors (Lipinski definition) is 3. The van der Waals surface area contributed by atoms with Gasteiger partial charge in [0, 0.05) is 32.0 Å². The van der Waals surface area contributed by atoms with E-state index in [2.05, 4.69) is 24.1 Å². The molecule has 1 aliphatic heterocycles. The van der Waals surface area contributed by atoms with Crippen molar-refractivity contribution in [3.63, 3.8) is 0 Å². The summed E-state index contributed by atoms with van der Waals surface area (Å²) in [6.45, 7) is 3.72. The van der Waals surface area contributed by atoms with E-state index in [1.807, 2.05) is 19.1 Å². The summed E-state index contributed by atoms with van der Waals surface area (Å²) in [5, 5.41) is 9.78. The van der Waals surface area contributed by atoms with Crippen LogP contribution in [0.2, 0.25) is 0 Å². The third kappa shape index (κ3) is 3.03. The van der Waals surface area contributed by atoms with E-state index in [0.29, 0.717) is 6.04 Å². The molecule has 1 saturated heterocycles. The largest absolute Gasteiger partial charge is 0.388 e. The van der Waals surface area contributed by atoms with Crippen LogP contribution in [0.5, 0.6) is 0 Å². The first-order chi connectivity index (χ1) is 8.72. The molecule has 0 aliphatic carbocycles. The zero-order valence-corrected chi connectivity index (χ0v) is 11.3. The molecular formula is C15H23NO2. The minimum absolute atomic E-state index is 0.340. The zero-order valence-electron chi connectivity index (χ0n) is 11.3. The third-order valence-corrected chi connectivity index (χ3v) is 3.81. The Kier molecular flexibility index (Phi) is 4.61. The summed E-state index contributed by atoms with van der Waals surface area (Å²) in [5.41, 5.74) is 2.22. The van der Waals surface area contributed by atoms with Gasteiger partial charge in [-0.1, -0.05) is 19.1 Å². The van der Waals surface area contributed by atoms with Gasteiger partial charge in [0.15, 0.2) is 0 Å². The molecule has 18 heavy (non-hydrogen) atoms. The van der Waals surface area contributed by atoms with Crippen molar-refractivity contribution >= 4 is 5.69 Å². The van der Waals surface area contributed by atoms with Crippen LogP contribution in [-0.4, -0.2) is 31.4 Å². The fourth-order valence-corrected chi connectivity index (χ4v) is 2.45. The Morgan fingerprint density at radius 1 is 1.28 bits per heavy atom. The Morgan fingerprint density at radius 2 is 1.89 bits per heavy atom. The van der Waals surface area contributed by atoms with Crippen molar-refractivity contribution in [1.29, 1.82) is 0 Å². The minimum atomic E-state index is -0.340. The van der Waals surface area contributed by atoms with Crippen LogP contribution in [0, 0.1) is 0 Å². The average Bonchev–Trinajstić information content (AvgIpc) is 2.47. The highest BCUT2D eigenvalue weighted by molar-refractivity contribution is 5.48. The minimum Gasteiger partial charge on any atom is -0.388 e. The van der Waals surface area contributed by atoms with Gasteiger partial charge in [-0.15, -0.1) is 0 Å². The SMILES string of the molecule is CCC(O)c1ccc(N(C)C2CCOCC2)cc1. The smallest absolute Gasteiger partial charge is 0.0787 e. The maximum absolute atomic E-state index is 9.78. The maximum atomic E-state index is 9.78. The second-order valence-electron chi connectivity index (χ2n) is 4.97. The molecule has 1 atom stereocenters. The number of ether oxygens (including phenoxy) is 1. The molecule has 0 bridgehead atoms. The first-order valence-electron chi connectivity index (χ1n) is 6.81. The molecule has 0 radical (unpaired) electrons. The predicted molar refractivity (Wildman–Crippen MR) is 73.9 cm³/mol. The maximum Gasteiger partial charge on any atom is 0.0787 e. The van der Waals surface area contributed by atoms with Crippen molar-refractivity contribution in [3.05, 3.63) is 29.8 Å². The highest BCUT2D eigenvalue weighted by atomic mass is 16.5. The Balaban J connectivity index is 2.03. The van der Waals surface area contributed by atoms with E-state index in [-0.39, 0.29) is 6.10 Å². The molecule has 3 heteroatoms. The predicted octanol–water partition coefficient (Wildman–Crippen LogP) is 2.75. The van der Waals surface area contributed by atoms with Gasteiger partial charge >= 0.3 is 0 Å². The summed E-state index contributed by atoms with van der Waals surface area (Å²) in [4.78, 5) is 2.32. The monoisotopic (exact) mass is 249 g/mol. The van der Waals surface area contributed by atoms with E-state index in [0.717, 1.165) is 38.0 Å². The Labute approximate surface area is 109 Å². The van der Waals surface area contributed by atoms with E-state index >= 15 is 0 Å². The van der Waals surface area contributed by atoms with Gasteiger partial charge in [0.1, 0.15) is 0 Å². The molecule has 100 valence electrons. The molecule has 3 nitrogen and oxygen atoms in total. The normalized spacial score (nSPS) is 18.6. The lowest BCUT2D eigenvalue weighted by molar-refractivity contribution is 0.0855. The number of aliphatic hydroxyl groups excluding tert-OH is 1. The second-order valence-corrected chi connectivity index (χ2v) is 4.97. The molecule has 0 spiro atoms. The highest BCUT2D eigenvalue weighted by Gasteiger charge is 2.18. The van der Waals surface area contributed by atoms with Crippen molar-refractivity contribution in [2.45, 2.75) is 38.3 Å². The van der Waals surface area contributed by atoms with Crippen molar-refractivity contribution in [3.8, 4) is 0 Å². The van der Waals surface area contributed by atoms with Gasteiger partial charge in [-0.3, -0.25) is 0 Å². The number of rotatable bonds is 4. The van der Waals surface area contributed by atoms with Crippen LogP contribution in [0.3, 0.4) is 0 Å².